The maximum atomic E-state index is 6.76. The SMILES string of the molecule is CCC1CC(CC)C(N)C(CC2CC(C(C)C)C(N)C(C(C)C)C2)C1. The van der Waals surface area contributed by atoms with Crippen molar-refractivity contribution in [3.63, 3.8) is 0 Å². The van der Waals surface area contributed by atoms with E-state index in [1.165, 1.54) is 44.9 Å². The molecule has 0 aromatic heterocycles. The van der Waals surface area contributed by atoms with Crippen molar-refractivity contribution >= 4 is 0 Å². The monoisotopic (exact) mass is 350 g/mol. The van der Waals surface area contributed by atoms with Crippen molar-refractivity contribution in [1.29, 1.82) is 0 Å². The molecule has 0 bridgehead atoms. The van der Waals surface area contributed by atoms with E-state index in [0.29, 0.717) is 35.8 Å². The molecule has 0 radical (unpaired) electrons. The van der Waals surface area contributed by atoms with Gasteiger partial charge in [-0.05, 0) is 79.4 Å². The summed E-state index contributed by atoms with van der Waals surface area (Å²) in [5.74, 6) is 6.01. The minimum absolute atomic E-state index is 0.392. The molecule has 2 fully saturated rings. The molecule has 2 heteroatoms. The van der Waals surface area contributed by atoms with E-state index in [0.717, 1.165) is 23.7 Å². The Morgan fingerprint density at radius 3 is 1.64 bits per heavy atom. The molecule has 6 atom stereocenters. The molecule has 0 heterocycles. The van der Waals surface area contributed by atoms with E-state index in [-0.39, 0.29) is 0 Å². The van der Waals surface area contributed by atoms with Gasteiger partial charge in [-0.1, -0.05) is 54.4 Å². The number of hydrogen-bond acceptors (Lipinski definition) is 2. The van der Waals surface area contributed by atoms with E-state index in [1.807, 2.05) is 0 Å². The topological polar surface area (TPSA) is 52.0 Å². The Bertz CT molecular complexity index is 374. The van der Waals surface area contributed by atoms with Gasteiger partial charge in [-0.3, -0.25) is 0 Å². The van der Waals surface area contributed by atoms with E-state index < -0.39 is 0 Å². The third kappa shape index (κ3) is 5.01. The summed E-state index contributed by atoms with van der Waals surface area (Å²) in [7, 11) is 0. The lowest BCUT2D eigenvalue weighted by Crippen LogP contribution is -2.49. The van der Waals surface area contributed by atoms with Gasteiger partial charge in [0.15, 0.2) is 0 Å². The first kappa shape index (κ1) is 21.2. The minimum atomic E-state index is 0.392. The highest BCUT2D eigenvalue weighted by Crippen LogP contribution is 2.45. The molecule has 0 aromatic rings. The Hall–Kier alpha value is -0.0800. The third-order valence-corrected chi connectivity index (χ3v) is 8.01. The van der Waals surface area contributed by atoms with Crippen LogP contribution in [0.15, 0.2) is 0 Å². The molecule has 0 saturated heterocycles. The largest absolute Gasteiger partial charge is 0.327 e. The highest BCUT2D eigenvalue weighted by atomic mass is 14.7. The molecule has 2 nitrogen and oxygen atoms in total. The predicted molar refractivity (Wildman–Crippen MR) is 110 cm³/mol. The first-order valence-corrected chi connectivity index (χ1v) is 11.3. The Morgan fingerprint density at radius 1 is 0.680 bits per heavy atom. The van der Waals surface area contributed by atoms with Crippen LogP contribution in [0.4, 0.5) is 0 Å². The molecule has 25 heavy (non-hydrogen) atoms. The molecule has 148 valence electrons. The van der Waals surface area contributed by atoms with Crippen molar-refractivity contribution < 1.29 is 0 Å². The molecule has 0 aliphatic heterocycles. The first-order chi connectivity index (χ1) is 11.8. The van der Waals surface area contributed by atoms with Gasteiger partial charge >= 0.3 is 0 Å². The van der Waals surface area contributed by atoms with Gasteiger partial charge in [0.05, 0.1) is 0 Å². The zero-order valence-electron chi connectivity index (χ0n) is 17.9. The maximum absolute atomic E-state index is 6.76. The van der Waals surface area contributed by atoms with E-state index in [4.69, 9.17) is 11.5 Å². The summed E-state index contributed by atoms with van der Waals surface area (Å²) in [6.45, 7) is 14.2. The van der Waals surface area contributed by atoms with Gasteiger partial charge in [0.2, 0.25) is 0 Å². The molecule has 0 amide bonds. The normalized spacial score (nSPS) is 43.0. The Kier molecular flexibility index (Phi) is 7.83. The van der Waals surface area contributed by atoms with Crippen molar-refractivity contribution in [1.82, 2.24) is 0 Å². The van der Waals surface area contributed by atoms with Gasteiger partial charge in [-0.25, -0.2) is 0 Å². The van der Waals surface area contributed by atoms with E-state index >= 15 is 0 Å². The van der Waals surface area contributed by atoms with Crippen molar-refractivity contribution in [2.24, 2.45) is 58.8 Å². The van der Waals surface area contributed by atoms with Crippen LogP contribution in [0, 0.1) is 47.3 Å². The quantitative estimate of drug-likeness (QED) is 0.669. The van der Waals surface area contributed by atoms with E-state index in [9.17, 15) is 0 Å². The van der Waals surface area contributed by atoms with Crippen LogP contribution in [0.5, 0.6) is 0 Å². The minimum Gasteiger partial charge on any atom is -0.327 e. The summed E-state index contributed by atoms with van der Waals surface area (Å²) in [4.78, 5) is 0. The van der Waals surface area contributed by atoms with Gasteiger partial charge in [-0.15, -0.1) is 0 Å². The van der Waals surface area contributed by atoms with Crippen molar-refractivity contribution in [2.45, 2.75) is 98.6 Å². The molecule has 2 aliphatic rings. The van der Waals surface area contributed by atoms with E-state index in [2.05, 4.69) is 41.5 Å². The Balaban J connectivity index is 2.08. The van der Waals surface area contributed by atoms with Crippen LogP contribution in [0.3, 0.4) is 0 Å². The highest BCUT2D eigenvalue weighted by molar-refractivity contribution is 4.95. The number of nitrogens with two attached hydrogens (primary N) is 2. The zero-order chi connectivity index (χ0) is 18.7. The van der Waals surface area contributed by atoms with Crippen LogP contribution < -0.4 is 11.5 Å². The van der Waals surface area contributed by atoms with Gasteiger partial charge in [-0.2, -0.15) is 0 Å². The fourth-order valence-corrected chi connectivity index (χ4v) is 6.23. The second kappa shape index (κ2) is 9.22. The third-order valence-electron chi connectivity index (χ3n) is 8.01. The van der Waals surface area contributed by atoms with Gasteiger partial charge in [0.25, 0.3) is 0 Å². The summed E-state index contributed by atoms with van der Waals surface area (Å²) >= 11 is 0. The van der Waals surface area contributed by atoms with Crippen molar-refractivity contribution in [3.8, 4) is 0 Å². The van der Waals surface area contributed by atoms with Gasteiger partial charge in [0, 0.05) is 12.1 Å². The van der Waals surface area contributed by atoms with Crippen LogP contribution in [-0.4, -0.2) is 12.1 Å². The Labute approximate surface area is 157 Å². The van der Waals surface area contributed by atoms with E-state index in [1.54, 1.807) is 0 Å². The maximum Gasteiger partial charge on any atom is 0.0101 e. The van der Waals surface area contributed by atoms with Gasteiger partial charge < -0.3 is 11.5 Å². The van der Waals surface area contributed by atoms with Crippen LogP contribution >= 0.6 is 0 Å². The fourth-order valence-electron chi connectivity index (χ4n) is 6.23. The van der Waals surface area contributed by atoms with Crippen LogP contribution in [0.2, 0.25) is 0 Å². The lowest BCUT2D eigenvalue weighted by atomic mass is 9.61. The molecule has 4 N–H and O–H groups in total. The lowest BCUT2D eigenvalue weighted by Gasteiger charge is -2.47. The molecule has 2 aliphatic carbocycles. The first-order valence-electron chi connectivity index (χ1n) is 11.3. The lowest BCUT2D eigenvalue weighted by molar-refractivity contribution is 0.0635. The predicted octanol–water partition coefficient (Wildman–Crippen LogP) is 5.45. The van der Waals surface area contributed by atoms with Crippen LogP contribution in [0.1, 0.15) is 86.5 Å². The molecule has 2 saturated carbocycles. The average Bonchev–Trinajstić information content (AvgIpc) is 2.57. The molecular formula is C23H46N2. The average molecular weight is 351 g/mol. The van der Waals surface area contributed by atoms with Gasteiger partial charge in [0.1, 0.15) is 0 Å². The van der Waals surface area contributed by atoms with Crippen molar-refractivity contribution in [2.75, 3.05) is 0 Å². The fraction of sp³-hybridized carbons (Fsp3) is 1.00. The number of rotatable bonds is 6. The second-order valence-electron chi connectivity index (χ2n) is 10.2. The molecule has 6 unspecified atom stereocenters. The standard InChI is InChI=1S/C23H46N2/c1-7-16-9-18(8-2)22(24)19(10-16)11-17-12-20(14(3)4)23(25)21(13-17)15(5)6/h14-23H,7-13,24-25H2,1-6H3. The smallest absolute Gasteiger partial charge is 0.0101 e. The summed E-state index contributed by atoms with van der Waals surface area (Å²) in [5.41, 5.74) is 13.5. The van der Waals surface area contributed by atoms with Crippen LogP contribution in [-0.2, 0) is 0 Å². The second-order valence-corrected chi connectivity index (χ2v) is 10.2. The van der Waals surface area contributed by atoms with Crippen LogP contribution in [0.25, 0.3) is 0 Å². The Morgan fingerprint density at radius 2 is 1.20 bits per heavy atom. The molecule has 0 spiro atoms. The van der Waals surface area contributed by atoms with Crippen molar-refractivity contribution in [3.05, 3.63) is 0 Å². The molecule has 0 aromatic carbocycles. The summed E-state index contributed by atoms with van der Waals surface area (Å²) in [6.07, 6.45) is 9.34. The summed E-state index contributed by atoms with van der Waals surface area (Å²) in [5, 5.41) is 0. The zero-order valence-corrected chi connectivity index (χ0v) is 17.9. The molecular weight excluding hydrogens is 304 g/mol. The highest BCUT2D eigenvalue weighted by Gasteiger charge is 2.41. The molecule has 2 rings (SSSR count). The number of hydrogen-bond donors (Lipinski definition) is 2. The summed E-state index contributed by atoms with van der Waals surface area (Å²) < 4.78 is 0. The summed E-state index contributed by atoms with van der Waals surface area (Å²) in [6, 6.07) is 0.821.